The molecule has 1 unspecified atom stereocenters. The van der Waals surface area contributed by atoms with Crippen LogP contribution >= 0.6 is 0 Å². The molecule has 2 heterocycles. The van der Waals surface area contributed by atoms with E-state index in [2.05, 4.69) is 22.0 Å². The standard InChI is InChI=1S/C20H25FN4/c1-12-3-2-4-17(21)20(12)14-5-15-11-25-19(22)7-16(15)18(6-14)24-10-13-8-23-9-13/h2-5,7,13-14,23-25H,6,8-11,22H2,1H3. The molecule has 1 atom stereocenters. The molecule has 3 aliphatic rings. The highest BCUT2D eigenvalue weighted by molar-refractivity contribution is 5.53. The molecule has 0 spiro atoms. The quantitative estimate of drug-likeness (QED) is 0.677. The molecule has 0 saturated carbocycles. The highest BCUT2D eigenvalue weighted by atomic mass is 19.1. The lowest BCUT2D eigenvalue weighted by molar-refractivity contribution is 0.338. The van der Waals surface area contributed by atoms with Gasteiger partial charge in [0.2, 0.25) is 0 Å². The van der Waals surface area contributed by atoms with Crippen LogP contribution in [0.3, 0.4) is 0 Å². The molecule has 4 rings (SSSR count). The van der Waals surface area contributed by atoms with Crippen molar-refractivity contribution in [3.8, 4) is 0 Å². The minimum atomic E-state index is -0.119. The van der Waals surface area contributed by atoms with Gasteiger partial charge < -0.3 is 21.7 Å². The molecule has 0 aromatic heterocycles. The Bertz CT molecular complexity index is 754. The number of allylic oxidation sites excluding steroid dienone is 3. The largest absolute Gasteiger partial charge is 0.387 e. The van der Waals surface area contributed by atoms with Gasteiger partial charge >= 0.3 is 0 Å². The third kappa shape index (κ3) is 3.16. The van der Waals surface area contributed by atoms with Gasteiger partial charge in [-0.15, -0.1) is 0 Å². The van der Waals surface area contributed by atoms with Crippen molar-refractivity contribution >= 4 is 0 Å². The summed E-state index contributed by atoms with van der Waals surface area (Å²) in [6.45, 7) is 5.75. The Morgan fingerprint density at radius 1 is 1.32 bits per heavy atom. The number of nitrogens with one attached hydrogen (secondary N) is 3. The van der Waals surface area contributed by atoms with Crippen molar-refractivity contribution in [2.45, 2.75) is 19.3 Å². The van der Waals surface area contributed by atoms with Crippen molar-refractivity contribution in [2.75, 3.05) is 26.2 Å². The second-order valence-electron chi connectivity index (χ2n) is 7.22. The molecule has 25 heavy (non-hydrogen) atoms. The van der Waals surface area contributed by atoms with Crippen LogP contribution in [0.15, 0.2) is 53.0 Å². The van der Waals surface area contributed by atoms with Crippen LogP contribution in [0, 0.1) is 18.7 Å². The van der Waals surface area contributed by atoms with Crippen LogP contribution in [-0.2, 0) is 0 Å². The molecule has 5 N–H and O–H groups in total. The lowest BCUT2D eigenvalue weighted by Crippen LogP contribution is -2.47. The van der Waals surface area contributed by atoms with Gasteiger partial charge in [-0.05, 0) is 42.2 Å². The molecule has 1 aromatic rings. The normalized spacial score (nSPS) is 23.2. The van der Waals surface area contributed by atoms with Crippen LogP contribution in [-0.4, -0.2) is 26.2 Å². The van der Waals surface area contributed by atoms with Gasteiger partial charge in [0.15, 0.2) is 0 Å². The minimum Gasteiger partial charge on any atom is -0.387 e. The Balaban J connectivity index is 1.66. The zero-order chi connectivity index (χ0) is 17.4. The Morgan fingerprint density at radius 2 is 2.16 bits per heavy atom. The fourth-order valence-corrected chi connectivity index (χ4v) is 3.88. The molecular formula is C20H25FN4. The van der Waals surface area contributed by atoms with E-state index in [1.54, 1.807) is 12.1 Å². The van der Waals surface area contributed by atoms with Crippen LogP contribution in [0.25, 0.3) is 0 Å². The number of halogens is 1. The van der Waals surface area contributed by atoms with Crippen LogP contribution in [0.2, 0.25) is 0 Å². The van der Waals surface area contributed by atoms with Gasteiger partial charge in [-0.2, -0.15) is 0 Å². The SMILES string of the molecule is Cc1cccc(F)c1C1C=C2CNC(N)=CC2=C(NCC2CNC2)C1. The Hall–Kier alpha value is -2.27. The van der Waals surface area contributed by atoms with Gasteiger partial charge in [0.1, 0.15) is 5.82 Å². The van der Waals surface area contributed by atoms with E-state index in [0.717, 1.165) is 37.2 Å². The summed E-state index contributed by atoms with van der Waals surface area (Å²) in [5.74, 6) is 1.29. The summed E-state index contributed by atoms with van der Waals surface area (Å²) in [6.07, 6.45) is 4.98. The van der Waals surface area contributed by atoms with Gasteiger partial charge in [0.25, 0.3) is 0 Å². The van der Waals surface area contributed by atoms with Gasteiger partial charge in [-0.3, -0.25) is 0 Å². The van der Waals surface area contributed by atoms with E-state index in [-0.39, 0.29) is 11.7 Å². The van der Waals surface area contributed by atoms with Crippen LogP contribution in [0.1, 0.15) is 23.5 Å². The Labute approximate surface area is 148 Å². The third-order valence-electron chi connectivity index (χ3n) is 5.39. The van der Waals surface area contributed by atoms with Crippen molar-refractivity contribution < 1.29 is 4.39 Å². The topological polar surface area (TPSA) is 62.1 Å². The van der Waals surface area contributed by atoms with E-state index < -0.39 is 0 Å². The lowest BCUT2D eigenvalue weighted by atomic mass is 9.81. The van der Waals surface area contributed by atoms with Crippen LogP contribution in [0.4, 0.5) is 4.39 Å². The molecule has 1 aliphatic carbocycles. The maximum Gasteiger partial charge on any atom is 0.127 e. The molecule has 1 saturated heterocycles. The minimum absolute atomic E-state index is 0.0523. The number of benzene rings is 1. The maximum absolute atomic E-state index is 14.5. The molecule has 4 nitrogen and oxygen atoms in total. The summed E-state index contributed by atoms with van der Waals surface area (Å²) in [4.78, 5) is 0. The average Bonchev–Trinajstić information content (AvgIpc) is 2.53. The first-order valence-corrected chi connectivity index (χ1v) is 8.96. The summed E-state index contributed by atoms with van der Waals surface area (Å²) in [7, 11) is 0. The molecule has 0 radical (unpaired) electrons. The number of hydrogen-bond acceptors (Lipinski definition) is 4. The molecule has 5 heteroatoms. The summed E-state index contributed by atoms with van der Waals surface area (Å²) < 4.78 is 14.5. The monoisotopic (exact) mass is 340 g/mol. The highest BCUT2D eigenvalue weighted by Crippen LogP contribution is 2.38. The zero-order valence-electron chi connectivity index (χ0n) is 14.5. The highest BCUT2D eigenvalue weighted by Gasteiger charge is 2.27. The Kier molecular flexibility index (Phi) is 4.25. The van der Waals surface area contributed by atoms with Gasteiger partial charge in [-0.1, -0.05) is 18.2 Å². The fraction of sp³-hybridized carbons (Fsp3) is 0.400. The predicted molar refractivity (Wildman–Crippen MR) is 98.2 cm³/mol. The van der Waals surface area contributed by atoms with Gasteiger partial charge in [-0.25, -0.2) is 4.39 Å². The van der Waals surface area contributed by atoms with Gasteiger partial charge in [0.05, 0.1) is 5.82 Å². The predicted octanol–water partition coefficient (Wildman–Crippen LogP) is 2.01. The van der Waals surface area contributed by atoms with Gasteiger partial charge in [0, 0.05) is 49.3 Å². The fourth-order valence-electron chi connectivity index (χ4n) is 3.88. The summed E-state index contributed by atoms with van der Waals surface area (Å²) in [5, 5.41) is 10.1. The maximum atomic E-state index is 14.5. The second kappa shape index (κ2) is 6.56. The van der Waals surface area contributed by atoms with Crippen molar-refractivity contribution in [1.82, 2.24) is 16.0 Å². The molecule has 132 valence electrons. The molecule has 1 fully saturated rings. The van der Waals surface area contributed by atoms with E-state index in [1.807, 2.05) is 19.1 Å². The number of hydrogen-bond donors (Lipinski definition) is 4. The number of fused-ring (bicyclic) bond motifs is 1. The molecular weight excluding hydrogens is 315 g/mol. The molecule has 0 bridgehead atoms. The second-order valence-corrected chi connectivity index (χ2v) is 7.22. The first-order valence-electron chi connectivity index (χ1n) is 8.96. The summed E-state index contributed by atoms with van der Waals surface area (Å²) >= 11 is 0. The smallest absolute Gasteiger partial charge is 0.127 e. The molecule has 0 amide bonds. The summed E-state index contributed by atoms with van der Waals surface area (Å²) in [5.41, 5.74) is 11.3. The zero-order valence-corrected chi connectivity index (χ0v) is 14.5. The van der Waals surface area contributed by atoms with Crippen molar-refractivity contribution in [1.29, 1.82) is 0 Å². The van der Waals surface area contributed by atoms with Crippen molar-refractivity contribution in [3.05, 3.63) is 70.0 Å². The summed E-state index contributed by atoms with van der Waals surface area (Å²) in [6, 6.07) is 5.32. The first-order chi connectivity index (χ1) is 12.1. The van der Waals surface area contributed by atoms with Crippen molar-refractivity contribution in [3.63, 3.8) is 0 Å². The van der Waals surface area contributed by atoms with E-state index in [0.29, 0.717) is 18.3 Å². The first kappa shape index (κ1) is 16.2. The Morgan fingerprint density at radius 3 is 2.88 bits per heavy atom. The molecule has 2 aliphatic heterocycles. The number of aryl methyl sites for hydroxylation is 1. The molecule has 1 aromatic carbocycles. The van der Waals surface area contributed by atoms with Crippen molar-refractivity contribution in [2.24, 2.45) is 11.7 Å². The van der Waals surface area contributed by atoms with Crippen LogP contribution in [0.5, 0.6) is 0 Å². The van der Waals surface area contributed by atoms with E-state index in [4.69, 9.17) is 5.73 Å². The van der Waals surface area contributed by atoms with E-state index in [1.165, 1.54) is 16.8 Å². The average molecular weight is 340 g/mol. The number of rotatable bonds is 4. The number of nitrogens with two attached hydrogens (primary N) is 1. The van der Waals surface area contributed by atoms with E-state index >= 15 is 0 Å². The lowest BCUT2D eigenvalue weighted by Gasteiger charge is -2.33. The van der Waals surface area contributed by atoms with Crippen LogP contribution < -0.4 is 21.7 Å². The van der Waals surface area contributed by atoms with E-state index in [9.17, 15) is 4.39 Å². The third-order valence-corrected chi connectivity index (χ3v) is 5.39.